The summed E-state index contributed by atoms with van der Waals surface area (Å²) in [7, 11) is 0. The molecule has 1 rings (SSSR count). The molecular weight excluding hydrogens is 300 g/mol. The van der Waals surface area contributed by atoms with Crippen LogP contribution in [0.2, 0.25) is 0 Å². The van der Waals surface area contributed by atoms with Gasteiger partial charge in [0.2, 0.25) is 0 Å². The Labute approximate surface area is 150 Å². The van der Waals surface area contributed by atoms with Gasteiger partial charge in [-0.2, -0.15) is 0 Å². The summed E-state index contributed by atoms with van der Waals surface area (Å²) in [4.78, 5) is 0. The van der Waals surface area contributed by atoms with Crippen LogP contribution in [0.4, 0.5) is 0 Å². The normalized spacial score (nSPS) is 17.0. The van der Waals surface area contributed by atoms with E-state index in [9.17, 15) is 0 Å². The largest absolute Gasteiger partial charge is 0.381 e. The smallest absolute Gasteiger partial charge is 0.168 e. The Morgan fingerprint density at radius 2 is 1.46 bits per heavy atom. The Balaban J connectivity index is 2.42. The first-order valence-corrected chi connectivity index (χ1v) is 10.5. The lowest BCUT2D eigenvalue weighted by molar-refractivity contribution is -0.254. The molecule has 0 aliphatic carbocycles. The Kier molecular flexibility index (Phi) is 12.0. The van der Waals surface area contributed by atoms with Crippen molar-refractivity contribution in [2.24, 2.45) is 11.8 Å². The van der Waals surface area contributed by atoms with Crippen molar-refractivity contribution in [2.75, 3.05) is 26.4 Å². The molecule has 1 unspecified atom stereocenters. The summed E-state index contributed by atoms with van der Waals surface area (Å²) < 4.78 is 17.5. The maximum atomic E-state index is 6.08. The van der Waals surface area contributed by atoms with Crippen LogP contribution in [-0.4, -0.2) is 32.2 Å². The highest BCUT2D eigenvalue weighted by Gasteiger charge is 2.35. The average molecular weight is 343 g/mol. The van der Waals surface area contributed by atoms with E-state index in [0.717, 1.165) is 32.3 Å². The summed E-state index contributed by atoms with van der Waals surface area (Å²) in [6.45, 7) is 12.0. The second kappa shape index (κ2) is 13.1. The van der Waals surface area contributed by atoms with Crippen LogP contribution >= 0.6 is 0 Å². The standard InChI is InChI=1S/C21H42O3/c1-5-8-9-10-11-12-15-20(16-13-14-19-17-22-18-19)21(4,23-6-2)24-7-3/h19-20H,5-18H2,1-4H3. The molecule has 1 fully saturated rings. The molecule has 1 heterocycles. The molecule has 1 saturated heterocycles. The lowest BCUT2D eigenvalue weighted by Gasteiger charge is -2.38. The summed E-state index contributed by atoms with van der Waals surface area (Å²) in [6, 6.07) is 0. The van der Waals surface area contributed by atoms with E-state index in [1.807, 2.05) is 0 Å². The minimum absolute atomic E-state index is 0.414. The highest BCUT2D eigenvalue weighted by molar-refractivity contribution is 4.77. The monoisotopic (exact) mass is 342 g/mol. The molecule has 1 atom stereocenters. The van der Waals surface area contributed by atoms with Gasteiger partial charge in [0, 0.05) is 25.0 Å². The first-order chi connectivity index (χ1) is 11.7. The van der Waals surface area contributed by atoms with E-state index in [1.165, 1.54) is 64.2 Å². The number of unbranched alkanes of at least 4 members (excludes halogenated alkanes) is 5. The summed E-state index contributed by atoms with van der Waals surface area (Å²) in [5.41, 5.74) is 0. The number of ether oxygens (including phenoxy) is 3. The molecule has 3 heteroatoms. The molecule has 0 aromatic heterocycles. The van der Waals surface area contributed by atoms with Crippen molar-refractivity contribution in [2.45, 2.75) is 97.7 Å². The fourth-order valence-corrected chi connectivity index (χ4v) is 3.79. The van der Waals surface area contributed by atoms with Crippen LogP contribution in [0, 0.1) is 11.8 Å². The fourth-order valence-electron chi connectivity index (χ4n) is 3.79. The van der Waals surface area contributed by atoms with Gasteiger partial charge in [0.1, 0.15) is 0 Å². The minimum Gasteiger partial charge on any atom is -0.381 e. The highest BCUT2D eigenvalue weighted by atomic mass is 16.7. The summed E-state index contributed by atoms with van der Waals surface area (Å²) in [6.07, 6.45) is 13.1. The maximum Gasteiger partial charge on any atom is 0.168 e. The van der Waals surface area contributed by atoms with Crippen molar-refractivity contribution in [3.8, 4) is 0 Å². The van der Waals surface area contributed by atoms with Gasteiger partial charge in [-0.3, -0.25) is 0 Å². The molecule has 144 valence electrons. The van der Waals surface area contributed by atoms with Gasteiger partial charge in [0.05, 0.1) is 13.2 Å². The van der Waals surface area contributed by atoms with E-state index >= 15 is 0 Å². The van der Waals surface area contributed by atoms with Gasteiger partial charge < -0.3 is 14.2 Å². The van der Waals surface area contributed by atoms with Crippen LogP contribution in [0.15, 0.2) is 0 Å². The molecule has 24 heavy (non-hydrogen) atoms. The van der Waals surface area contributed by atoms with Gasteiger partial charge in [-0.25, -0.2) is 0 Å². The Morgan fingerprint density at radius 1 is 0.875 bits per heavy atom. The first kappa shape index (κ1) is 21.9. The van der Waals surface area contributed by atoms with E-state index in [1.54, 1.807) is 0 Å². The minimum atomic E-state index is -0.414. The Morgan fingerprint density at radius 3 is 2.00 bits per heavy atom. The quantitative estimate of drug-likeness (QED) is 0.256. The summed E-state index contributed by atoms with van der Waals surface area (Å²) in [5, 5.41) is 0. The highest BCUT2D eigenvalue weighted by Crippen LogP contribution is 2.33. The van der Waals surface area contributed by atoms with Crippen molar-refractivity contribution >= 4 is 0 Å². The first-order valence-electron chi connectivity index (χ1n) is 10.5. The summed E-state index contributed by atoms with van der Waals surface area (Å²) >= 11 is 0. The zero-order valence-electron chi connectivity index (χ0n) is 16.8. The second-order valence-corrected chi connectivity index (χ2v) is 7.47. The molecule has 0 amide bonds. The lowest BCUT2D eigenvalue weighted by Crippen LogP contribution is -2.41. The molecule has 3 nitrogen and oxygen atoms in total. The van der Waals surface area contributed by atoms with Gasteiger partial charge in [-0.05, 0) is 40.0 Å². The Hall–Kier alpha value is -0.120. The SMILES string of the molecule is CCCCCCCCC(CCCC1COC1)C(C)(OCC)OCC. The van der Waals surface area contributed by atoms with E-state index < -0.39 is 5.79 Å². The zero-order chi connectivity index (χ0) is 17.7. The van der Waals surface area contributed by atoms with Gasteiger partial charge in [-0.1, -0.05) is 51.9 Å². The van der Waals surface area contributed by atoms with Crippen LogP contribution in [0.3, 0.4) is 0 Å². The Bertz CT molecular complexity index is 283. The maximum absolute atomic E-state index is 6.08. The molecule has 0 saturated carbocycles. The molecule has 0 radical (unpaired) electrons. The van der Waals surface area contributed by atoms with Crippen molar-refractivity contribution in [3.05, 3.63) is 0 Å². The van der Waals surface area contributed by atoms with Crippen molar-refractivity contribution in [3.63, 3.8) is 0 Å². The summed E-state index contributed by atoms with van der Waals surface area (Å²) in [5.74, 6) is 0.887. The predicted octanol–water partition coefficient (Wildman–Crippen LogP) is 5.96. The number of rotatable bonds is 16. The van der Waals surface area contributed by atoms with Gasteiger partial charge in [-0.15, -0.1) is 0 Å². The van der Waals surface area contributed by atoms with E-state index in [4.69, 9.17) is 14.2 Å². The van der Waals surface area contributed by atoms with Crippen molar-refractivity contribution in [1.29, 1.82) is 0 Å². The average Bonchev–Trinajstić information content (AvgIpc) is 2.51. The van der Waals surface area contributed by atoms with Crippen LogP contribution in [0.5, 0.6) is 0 Å². The van der Waals surface area contributed by atoms with Crippen LogP contribution in [0.25, 0.3) is 0 Å². The van der Waals surface area contributed by atoms with Crippen molar-refractivity contribution in [1.82, 2.24) is 0 Å². The molecule has 1 aliphatic rings. The molecule has 0 bridgehead atoms. The van der Waals surface area contributed by atoms with Crippen LogP contribution < -0.4 is 0 Å². The lowest BCUT2D eigenvalue weighted by atomic mass is 9.86. The van der Waals surface area contributed by atoms with Crippen LogP contribution in [-0.2, 0) is 14.2 Å². The second-order valence-electron chi connectivity index (χ2n) is 7.47. The number of hydrogen-bond acceptors (Lipinski definition) is 3. The molecule has 0 spiro atoms. The van der Waals surface area contributed by atoms with E-state index in [2.05, 4.69) is 27.7 Å². The van der Waals surface area contributed by atoms with Crippen molar-refractivity contribution < 1.29 is 14.2 Å². The van der Waals surface area contributed by atoms with Gasteiger partial charge in [0.15, 0.2) is 5.79 Å². The van der Waals surface area contributed by atoms with E-state index in [-0.39, 0.29) is 0 Å². The molecule has 1 aliphatic heterocycles. The van der Waals surface area contributed by atoms with Gasteiger partial charge in [0.25, 0.3) is 0 Å². The molecular formula is C21H42O3. The van der Waals surface area contributed by atoms with Gasteiger partial charge >= 0.3 is 0 Å². The molecule has 0 aromatic carbocycles. The third-order valence-corrected chi connectivity index (χ3v) is 5.38. The number of hydrogen-bond donors (Lipinski definition) is 0. The zero-order valence-corrected chi connectivity index (χ0v) is 16.8. The fraction of sp³-hybridized carbons (Fsp3) is 1.00. The molecule has 0 N–H and O–H groups in total. The van der Waals surface area contributed by atoms with Crippen LogP contribution in [0.1, 0.15) is 91.9 Å². The predicted molar refractivity (Wildman–Crippen MR) is 101 cm³/mol. The topological polar surface area (TPSA) is 27.7 Å². The molecule has 0 aromatic rings. The third kappa shape index (κ3) is 8.31. The van der Waals surface area contributed by atoms with E-state index in [0.29, 0.717) is 5.92 Å². The third-order valence-electron chi connectivity index (χ3n) is 5.38.